The molecule has 4 aliphatic rings. The highest BCUT2D eigenvalue weighted by Gasteiger charge is 2.61. The molecule has 4 aromatic carbocycles. The summed E-state index contributed by atoms with van der Waals surface area (Å²) < 4.78 is 11.5. The first-order chi connectivity index (χ1) is 19.2. The number of hydrogen-bond acceptors (Lipinski definition) is 5. The maximum absolute atomic E-state index is 13.7. The number of ether oxygens (including phenoxy) is 2. The Morgan fingerprint density at radius 2 is 1.26 bits per heavy atom. The Morgan fingerprint density at radius 3 is 1.79 bits per heavy atom. The van der Waals surface area contributed by atoms with Crippen LogP contribution < -0.4 is 9.47 Å². The van der Waals surface area contributed by atoms with Gasteiger partial charge in [-0.25, -0.2) is 0 Å². The van der Waals surface area contributed by atoms with E-state index in [0.29, 0.717) is 23.7 Å². The van der Waals surface area contributed by atoms with Gasteiger partial charge in [0.1, 0.15) is 6.61 Å². The fourth-order valence-corrected chi connectivity index (χ4v) is 6.52. The number of methoxy groups -OCH3 is 1. The highest BCUT2D eigenvalue weighted by molar-refractivity contribution is 6.08. The van der Waals surface area contributed by atoms with Crippen molar-refractivity contribution in [1.82, 2.24) is 5.01 Å². The molecule has 2 atom stereocenters. The van der Waals surface area contributed by atoms with Crippen LogP contribution in [0.5, 0.6) is 11.5 Å². The third-order valence-corrected chi connectivity index (χ3v) is 8.17. The first-order valence-corrected chi connectivity index (χ1v) is 13.1. The number of amides is 2. The third kappa shape index (κ3) is 3.67. The Balaban J connectivity index is 1.17. The Kier molecular flexibility index (Phi) is 5.55. The van der Waals surface area contributed by atoms with E-state index in [1.807, 2.05) is 66.7 Å². The largest absolute Gasteiger partial charge is 0.493 e. The van der Waals surface area contributed by atoms with Crippen molar-refractivity contribution in [2.75, 3.05) is 7.11 Å². The van der Waals surface area contributed by atoms with Crippen LogP contribution in [-0.2, 0) is 16.2 Å². The Labute approximate surface area is 226 Å². The summed E-state index contributed by atoms with van der Waals surface area (Å²) in [5.41, 5.74) is 6.32. The van der Waals surface area contributed by atoms with Crippen molar-refractivity contribution < 1.29 is 19.1 Å². The lowest BCUT2D eigenvalue weighted by Crippen LogP contribution is -2.41. The zero-order valence-corrected chi connectivity index (χ0v) is 21.4. The number of nitrogens with zero attached hydrogens (tertiary/aromatic N) is 2. The predicted octanol–water partition coefficient (Wildman–Crippen LogP) is 5.50. The van der Waals surface area contributed by atoms with Crippen LogP contribution in [0.1, 0.15) is 45.2 Å². The summed E-state index contributed by atoms with van der Waals surface area (Å²) in [7, 11) is 1.58. The van der Waals surface area contributed by atoms with Crippen LogP contribution in [0.25, 0.3) is 0 Å². The van der Waals surface area contributed by atoms with Gasteiger partial charge in [0, 0.05) is 11.8 Å². The molecular weight excluding hydrogens is 488 g/mol. The van der Waals surface area contributed by atoms with E-state index in [0.717, 1.165) is 32.8 Å². The van der Waals surface area contributed by atoms with Crippen molar-refractivity contribution in [3.8, 4) is 11.5 Å². The van der Waals surface area contributed by atoms with Crippen LogP contribution in [0, 0.1) is 11.8 Å². The van der Waals surface area contributed by atoms with Crippen LogP contribution in [0.3, 0.4) is 0 Å². The molecule has 0 radical (unpaired) electrons. The molecule has 1 fully saturated rings. The second-order valence-electron chi connectivity index (χ2n) is 10.2. The van der Waals surface area contributed by atoms with Gasteiger partial charge in [-0.1, -0.05) is 78.9 Å². The van der Waals surface area contributed by atoms with Crippen LogP contribution in [0.4, 0.5) is 0 Å². The molecule has 2 bridgehead atoms. The molecule has 1 aliphatic heterocycles. The fourth-order valence-electron chi connectivity index (χ4n) is 6.52. The first kappa shape index (κ1) is 23.4. The zero-order valence-electron chi connectivity index (χ0n) is 21.4. The molecule has 8 rings (SSSR count). The van der Waals surface area contributed by atoms with Crippen molar-refractivity contribution in [2.24, 2.45) is 16.9 Å². The number of benzene rings is 4. The van der Waals surface area contributed by atoms with E-state index in [-0.39, 0.29) is 23.7 Å². The minimum atomic E-state index is -0.451. The topological polar surface area (TPSA) is 68.2 Å². The standard InChI is InChI=1S/C33H26N2O4/c1-38-27-17-21(15-16-26(27)39-19-20-9-3-2-4-10-20)18-34-35-32(36)30-28-22-11-5-6-12-23(22)29(31(30)33(35)37)25-14-8-7-13-24(25)28/h2-18,28-31H,19H2,1H3/b34-18-/t28?,29?,30-,31-/m0/s1. The summed E-state index contributed by atoms with van der Waals surface area (Å²) in [6, 6.07) is 31.7. The van der Waals surface area contributed by atoms with Gasteiger partial charge in [-0.3, -0.25) is 9.59 Å². The number of hydrogen-bond donors (Lipinski definition) is 0. The molecule has 0 N–H and O–H groups in total. The van der Waals surface area contributed by atoms with Crippen molar-refractivity contribution in [2.45, 2.75) is 18.4 Å². The van der Waals surface area contributed by atoms with E-state index in [4.69, 9.17) is 9.47 Å². The predicted molar refractivity (Wildman–Crippen MR) is 147 cm³/mol. The van der Waals surface area contributed by atoms with Crippen molar-refractivity contribution in [3.05, 3.63) is 130 Å². The molecule has 192 valence electrons. The quantitative estimate of drug-likeness (QED) is 0.252. The SMILES string of the molecule is COc1cc(/C=N\N2C(=O)[C@H]3C4c5ccccc5C(c5ccccc54)[C@@H]3C2=O)ccc1OCc1ccccc1. The average molecular weight is 515 g/mol. The van der Waals surface area contributed by atoms with Gasteiger partial charge >= 0.3 is 0 Å². The molecule has 1 heterocycles. The summed E-state index contributed by atoms with van der Waals surface area (Å²) in [4.78, 5) is 27.4. The fraction of sp³-hybridized carbons (Fsp3) is 0.182. The number of carbonyl (C=O) groups is 2. The van der Waals surface area contributed by atoms with Gasteiger partial charge in [-0.2, -0.15) is 10.1 Å². The van der Waals surface area contributed by atoms with E-state index in [9.17, 15) is 9.59 Å². The van der Waals surface area contributed by atoms with E-state index >= 15 is 0 Å². The second-order valence-corrected chi connectivity index (χ2v) is 10.2. The van der Waals surface area contributed by atoms with Gasteiger partial charge in [0.05, 0.1) is 25.2 Å². The Morgan fingerprint density at radius 1 is 0.718 bits per heavy atom. The molecule has 0 spiro atoms. The van der Waals surface area contributed by atoms with Crippen LogP contribution in [-0.4, -0.2) is 30.1 Å². The molecule has 1 saturated heterocycles. The van der Waals surface area contributed by atoms with E-state index in [1.54, 1.807) is 19.4 Å². The molecule has 2 amide bonds. The van der Waals surface area contributed by atoms with Crippen LogP contribution in [0.15, 0.2) is 102 Å². The molecule has 0 unspecified atom stereocenters. The molecule has 3 aliphatic carbocycles. The number of hydrazone groups is 1. The number of imide groups is 1. The van der Waals surface area contributed by atoms with Gasteiger partial charge in [-0.05, 0) is 51.6 Å². The molecule has 6 heteroatoms. The van der Waals surface area contributed by atoms with Gasteiger partial charge in [0.2, 0.25) is 0 Å². The molecule has 0 aromatic heterocycles. The van der Waals surface area contributed by atoms with E-state index in [2.05, 4.69) is 29.4 Å². The van der Waals surface area contributed by atoms with Crippen LogP contribution in [0.2, 0.25) is 0 Å². The molecule has 0 saturated carbocycles. The maximum atomic E-state index is 13.7. The zero-order chi connectivity index (χ0) is 26.5. The van der Waals surface area contributed by atoms with Crippen molar-refractivity contribution in [1.29, 1.82) is 0 Å². The van der Waals surface area contributed by atoms with Gasteiger partial charge in [0.25, 0.3) is 11.8 Å². The second kappa shape index (κ2) is 9.24. The maximum Gasteiger partial charge on any atom is 0.254 e. The van der Waals surface area contributed by atoms with Crippen LogP contribution >= 0.6 is 0 Å². The summed E-state index contributed by atoms with van der Waals surface area (Å²) in [5, 5.41) is 5.50. The van der Waals surface area contributed by atoms with Crippen molar-refractivity contribution >= 4 is 18.0 Å². The first-order valence-electron chi connectivity index (χ1n) is 13.1. The summed E-state index contributed by atoms with van der Waals surface area (Å²) in [5.74, 6) is -0.530. The van der Waals surface area contributed by atoms with Gasteiger partial charge in [0.15, 0.2) is 11.5 Å². The third-order valence-electron chi connectivity index (χ3n) is 8.17. The Hall–Kier alpha value is -4.71. The minimum absolute atomic E-state index is 0.148. The lowest BCUT2D eigenvalue weighted by atomic mass is 9.55. The highest BCUT2D eigenvalue weighted by atomic mass is 16.5. The smallest absolute Gasteiger partial charge is 0.254 e. The van der Waals surface area contributed by atoms with E-state index < -0.39 is 11.8 Å². The molecule has 6 nitrogen and oxygen atoms in total. The van der Waals surface area contributed by atoms with E-state index in [1.165, 1.54) is 0 Å². The molecule has 4 aromatic rings. The highest BCUT2D eigenvalue weighted by Crippen LogP contribution is 2.60. The summed E-state index contributed by atoms with van der Waals surface area (Å²) >= 11 is 0. The van der Waals surface area contributed by atoms with Gasteiger partial charge in [-0.15, -0.1) is 0 Å². The average Bonchev–Trinajstić information content (AvgIpc) is 3.25. The monoisotopic (exact) mass is 514 g/mol. The summed E-state index contributed by atoms with van der Waals surface area (Å²) in [6.07, 6.45) is 1.54. The normalized spacial score (nSPS) is 22.5. The number of carbonyl (C=O) groups excluding carboxylic acids is 2. The van der Waals surface area contributed by atoms with Gasteiger partial charge < -0.3 is 9.47 Å². The summed E-state index contributed by atoms with van der Waals surface area (Å²) in [6.45, 7) is 0.414. The van der Waals surface area contributed by atoms with Crippen molar-refractivity contribution in [3.63, 3.8) is 0 Å². The lowest BCUT2D eigenvalue weighted by molar-refractivity contribution is -0.139. The molecule has 39 heavy (non-hydrogen) atoms. The molecular formula is C33H26N2O4. The number of rotatable bonds is 6. The lowest BCUT2D eigenvalue weighted by Gasteiger charge is -2.45. The Bertz CT molecular complexity index is 1510. The minimum Gasteiger partial charge on any atom is -0.493 e.